The van der Waals surface area contributed by atoms with E-state index in [1.54, 1.807) is 19.9 Å². The van der Waals surface area contributed by atoms with E-state index in [-0.39, 0.29) is 23.2 Å². The van der Waals surface area contributed by atoms with Crippen LogP contribution in [0.2, 0.25) is 0 Å². The zero-order valence-corrected chi connectivity index (χ0v) is 14.0. The fraction of sp³-hybridized carbons (Fsp3) is 0.368. The lowest BCUT2D eigenvalue weighted by molar-refractivity contribution is -0.0899. The van der Waals surface area contributed by atoms with E-state index < -0.39 is 11.7 Å². The molecule has 0 atom stereocenters. The number of hydrogen-bond donors (Lipinski definition) is 0. The lowest BCUT2D eigenvalue weighted by Crippen LogP contribution is -2.15. The number of benzene rings is 1. The molecule has 1 aromatic rings. The molecule has 0 saturated heterocycles. The molecule has 1 rings (SSSR count). The SMILES string of the molecule is C=C/C=C(\C(=C)C(C)C)C(F)(F)F.CC(C)c1ccccc1F. The lowest BCUT2D eigenvalue weighted by atomic mass is 9.96. The largest absolute Gasteiger partial charge is 0.416 e. The molecule has 0 bridgehead atoms. The van der Waals surface area contributed by atoms with E-state index in [0.29, 0.717) is 0 Å². The number of allylic oxidation sites excluding steroid dienone is 4. The summed E-state index contributed by atoms with van der Waals surface area (Å²) in [6, 6.07) is 6.88. The minimum atomic E-state index is -4.34. The average Bonchev–Trinajstić information content (AvgIpc) is 2.43. The van der Waals surface area contributed by atoms with Gasteiger partial charge in [-0.2, -0.15) is 13.2 Å². The molecule has 0 radical (unpaired) electrons. The van der Waals surface area contributed by atoms with Gasteiger partial charge in [-0.15, -0.1) is 0 Å². The van der Waals surface area contributed by atoms with Crippen LogP contribution in [0.25, 0.3) is 0 Å². The van der Waals surface area contributed by atoms with Gasteiger partial charge in [-0.05, 0) is 29.0 Å². The van der Waals surface area contributed by atoms with E-state index in [1.165, 1.54) is 6.07 Å². The summed E-state index contributed by atoms with van der Waals surface area (Å²) in [5.74, 6) is -0.0356. The zero-order valence-electron chi connectivity index (χ0n) is 14.0. The monoisotopic (exact) mass is 328 g/mol. The lowest BCUT2D eigenvalue weighted by Gasteiger charge is -2.16. The molecule has 0 aliphatic carbocycles. The molecule has 0 aliphatic heterocycles. The first kappa shape index (κ1) is 21.2. The highest BCUT2D eigenvalue weighted by atomic mass is 19.4. The first-order valence-corrected chi connectivity index (χ1v) is 7.35. The summed E-state index contributed by atoms with van der Waals surface area (Å²) >= 11 is 0. The van der Waals surface area contributed by atoms with Crippen molar-refractivity contribution >= 4 is 0 Å². The Kier molecular flexibility index (Phi) is 8.59. The van der Waals surface area contributed by atoms with Gasteiger partial charge in [0.15, 0.2) is 0 Å². The van der Waals surface area contributed by atoms with Crippen molar-refractivity contribution in [2.75, 3.05) is 0 Å². The van der Waals surface area contributed by atoms with E-state index >= 15 is 0 Å². The molecule has 0 spiro atoms. The minimum absolute atomic E-state index is 0.0902. The highest BCUT2D eigenvalue weighted by Gasteiger charge is 2.35. The van der Waals surface area contributed by atoms with Crippen molar-refractivity contribution in [3.8, 4) is 0 Å². The van der Waals surface area contributed by atoms with Crippen LogP contribution in [-0.4, -0.2) is 6.18 Å². The molecule has 0 heterocycles. The fourth-order valence-corrected chi connectivity index (χ4v) is 1.76. The molecule has 0 fully saturated rings. The predicted octanol–water partition coefficient (Wildman–Crippen LogP) is 6.82. The summed E-state index contributed by atoms with van der Waals surface area (Å²) in [7, 11) is 0. The van der Waals surface area contributed by atoms with Gasteiger partial charge in [-0.1, -0.05) is 71.2 Å². The highest BCUT2D eigenvalue weighted by molar-refractivity contribution is 5.36. The van der Waals surface area contributed by atoms with Crippen LogP contribution in [-0.2, 0) is 0 Å². The van der Waals surface area contributed by atoms with Crippen LogP contribution in [0, 0.1) is 11.7 Å². The van der Waals surface area contributed by atoms with Gasteiger partial charge >= 0.3 is 6.18 Å². The molecule has 0 amide bonds. The molecule has 1 aromatic carbocycles. The van der Waals surface area contributed by atoms with Gasteiger partial charge in [0, 0.05) is 0 Å². The van der Waals surface area contributed by atoms with E-state index in [0.717, 1.165) is 17.7 Å². The Morgan fingerprint density at radius 2 is 1.61 bits per heavy atom. The maximum Gasteiger partial charge on any atom is 0.416 e. The van der Waals surface area contributed by atoms with Crippen molar-refractivity contribution in [2.24, 2.45) is 5.92 Å². The molecule has 0 aliphatic rings. The third-order valence-corrected chi connectivity index (χ3v) is 3.16. The van der Waals surface area contributed by atoms with Gasteiger partial charge in [-0.3, -0.25) is 0 Å². The van der Waals surface area contributed by atoms with Gasteiger partial charge in [0.2, 0.25) is 0 Å². The van der Waals surface area contributed by atoms with E-state index in [1.807, 2.05) is 26.0 Å². The Morgan fingerprint density at radius 3 is 1.91 bits per heavy atom. The maximum atomic E-state index is 12.8. The summed E-state index contributed by atoms with van der Waals surface area (Å²) in [6.07, 6.45) is -2.27. The number of hydrogen-bond acceptors (Lipinski definition) is 0. The molecule has 4 heteroatoms. The molecule has 0 aromatic heterocycles. The minimum Gasteiger partial charge on any atom is -0.207 e. The van der Waals surface area contributed by atoms with Crippen LogP contribution in [0.3, 0.4) is 0 Å². The molecule has 128 valence electrons. The number of halogens is 4. The molecule has 0 N–H and O–H groups in total. The van der Waals surface area contributed by atoms with Crippen LogP contribution in [0.4, 0.5) is 17.6 Å². The first-order chi connectivity index (χ1) is 10.5. The second kappa shape index (κ2) is 9.33. The molecular formula is C19H24F4. The van der Waals surface area contributed by atoms with Gasteiger partial charge in [0.05, 0.1) is 5.57 Å². The third-order valence-electron chi connectivity index (χ3n) is 3.16. The van der Waals surface area contributed by atoms with Crippen LogP contribution in [0.1, 0.15) is 39.2 Å². The van der Waals surface area contributed by atoms with Gasteiger partial charge < -0.3 is 0 Å². The Hall–Kier alpha value is -1.84. The van der Waals surface area contributed by atoms with Crippen LogP contribution in [0.5, 0.6) is 0 Å². The first-order valence-electron chi connectivity index (χ1n) is 7.35. The Morgan fingerprint density at radius 1 is 1.09 bits per heavy atom. The van der Waals surface area contributed by atoms with Gasteiger partial charge in [0.25, 0.3) is 0 Å². The van der Waals surface area contributed by atoms with E-state index in [9.17, 15) is 17.6 Å². The molecule has 0 unspecified atom stereocenters. The topological polar surface area (TPSA) is 0 Å². The zero-order chi connectivity index (χ0) is 18.2. The standard InChI is InChI=1S/C10H13F3.C9H11F/c1-5-6-9(10(11,12)13)8(4)7(2)3;1-7(2)8-5-3-4-6-9(8)10/h5-7H,1,4H2,2-3H3;3-7H,1-2H3/b9-6+;. The van der Waals surface area contributed by atoms with Gasteiger partial charge in [-0.25, -0.2) is 4.39 Å². The van der Waals surface area contributed by atoms with Crippen LogP contribution >= 0.6 is 0 Å². The molecular weight excluding hydrogens is 304 g/mol. The number of rotatable bonds is 4. The maximum absolute atomic E-state index is 12.8. The van der Waals surface area contributed by atoms with Crippen LogP contribution < -0.4 is 0 Å². The van der Waals surface area contributed by atoms with Crippen molar-refractivity contribution < 1.29 is 17.6 Å². The second-order valence-corrected chi connectivity index (χ2v) is 5.67. The van der Waals surface area contributed by atoms with Crippen molar-refractivity contribution in [3.05, 3.63) is 72.1 Å². The molecule has 0 nitrogen and oxygen atoms in total. The average molecular weight is 328 g/mol. The van der Waals surface area contributed by atoms with E-state index in [2.05, 4.69) is 13.2 Å². The molecule has 0 saturated carbocycles. The third kappa shape index (κ3) is 7.31. The Labute approximate surface area is 136 Å². The van der Waals surface area contributed by atoms with Crippen molar-refractivity contribution in [2.45, 2.75) is 39.8 Å². The summed E-state index contributed by atoms with van der Waals surface area (Å²) < 4.78 is 49.9. The Balaban J connectivity index is 0.000000433. The van der Waals surface area contributed by atoms with Crippen molar-refractivity contribution in [1.82, 2.24) is 0 Å². The summed E-state index contributed by atoms with van der Waals surface area (Å²) in [6.45, 7) is 14.0. The summed E-state index contributed by atoms with van der Waals surface area (Å²) in [5.41, 5.74) is 0.187. The Bertz CT molecular complexity index is 549. The van der Waals surface area contributed by atoms with Crippen LogP contribution in [0.15, 0.2) is 60.7 Å². The summed E-state index contributed by atoms with van der Waals surface area (Å²) in [4.78, 5) is 0. The predicted molar refractivity (Wildman–Crippen MR) is 88.8 cm³/mol. The van der Waals surface area contributed by atoms with E-state index in [4.69, 9.17) is 0 Å². The number of alkyl halides is 3. The molecule has 23 heavy (non-hydrogen) atoms. The second-order valence-electron chi connectivity index (χ2n) is 5.67. The smallest absolute Gasteiger partial charge is 0.207 e. The fourth-order valence-electron chi connectivity index (χ4n) is 1.76. The van der Waals surface area contributed by atoms with Crippen molar-refractivity contribution in [3.63, 3.8) is 0 Å². The summed E-state index contributed by atoms with van der Waals surface area (Å²) in [5, 5.41) is 0. The van der Waals surface area contributed by atoms with Crippen molar-refractivity contribution in [1.29, 1.82) is 0 Å². The highest BCUT2D eigenvalue weighted by Crippen LogP contribution is 2.33. The quantitative estimate of drug-likeness (QED) is 0.420. The normalized spacial score (nSPS) is 12.0. The van der Waals surface area contributed by atoms with Gasteiger partial charge in [0.1, 0.15) is 5.82 Å².